The number of nitrogens with one attached hydrogen (secondary N) is 1. The standard InChI is InChI=1S/C10H10IN3/c1-6-9(13-14-10(6)12)7-3-2-4-8(11)5-7/h2-5H,1H3,(H3,12,13,14). The molecular formula is C10H10IN3. The molecule has 2 aromatic rings. The molecule has 0 aliphatic rings. The van der Waals surface area contributed by atoms with E-state index < -0.39 is 0 Å². The SMILES string of the molecule is Cc1c(N)n[nH]c1-c1cccc(I)c1. The Balaban J connectivity index is 2.55. The molecule has 0 bridgehead atoms. The highest BCUT2D eigenvalue weighted by atomic mass is 127. The Hall–Kier alpha value is -1.04. The van der Waals surface area contributed by atoms with Crippen LogP contribution in [-0.4, -0.2) is 10.2 Å². The maximum absolute atomic E-state index is 5.67. The molecule has 0 spiro atoms. The molecule has 0 unspecified atom stereocenters. The first-order valence-corrected chi connectivity index (χ1v) is 5.32. The Labute approximate surface area is 95.9 Å². The predicted octanol–water partition coefficient (Wildman–Crippen LogP) is 2.57. The zero-order chi connectivity index (χ0) is 10.1. The van der Waals surface area contributed by atoms with Crippen molar-refractivity contribution in [1.29, 1.82) is 0 Å². The molecule has 1 aromatic heterocycles. The molecule has 3 N–H and O–H groups in total. The number of hydrogen-bond donors (Lipinski definition) is 2. The fourth-order valence-corrected chi connectivity index (χ4v) is 1.88. The second kappa shape index (κ2) is 3.61. The van der Waals surface area contributed by atoms with Crippen LogP contribution in [0.4, 0.5) is 5.82 Å². The van der Waals surface area contributed by atoms with E-state index in [1.807, 2.05) is 19.1 Å². The van der Waals surface area contributed by atoms with Gasteiger partial charge in [0, 0.05) is 14.7 Å². The van der Waals surface area contributed by atoms with Gasteiger partial charge in [0.15, 0.2) is 0 Å². The molecule has 72 valence electrons. The highest BCUT2D eigenvalue weighted by Gasteiger charge is 2.07. The first kappa shape index (κ1) is 9.51. The van der Waals surface area contributed by atoms with Crippen molar-refractivity contribution in [3.8, 4) is 11.3 Å². The van der Waals surface area contributed by atoms with Crippen LogP contribution in [0.1, 0.15) is 5.56 Å². The Kier molecular flexibility index (Phi) is 2.45. The Morgan fingerprint density at radius 2 is 2.21 bits per heavy atom. The molecule has 0 amide bonds. The average Bonchev–Trinajstić information content (AvgIpc) is 2.48. The monoisotopic (exact) mass is 299 g/mol. The molecule has 14 heavy (non-hydrogen) atoms. The van der Waals surface area contributed by atoms with Crippen molar-refractivity contribution >= 4 is 28.4 Å². The third kappa shape index (κ3) is 1.61. The van der Waals surface area contributed by atoms with Gasteiger partial charge in [0.1, 0.15) is 5.82 Å². The average molecular weight is 299 g/mol. The summed E-state index contributed by atoms with van der Waals surface area (Å²) in [5.74, 6) is 0.568. The molecule has 0 aliphatic heterocycles. The van der Waals surface area contributed by atoms with Crippen LogP contribution in [0, 0.1) is 10.5 Å². The Morgan fingerprint density at radius 1 is 1.43 bits per heavy atom. The topological polar surface area (TPSA) is 54.7 Å². The normalized spacial score (nSPS) is 10.4. The van der Waals surface area contributed by atoms with Gasteiger partial charge in [0.25, 0.3) is 0 Å². The van der Waals surface area contributed by atoms with E-state index in [2.05, 4.69) is 44.9 Å². The smallest absolute Gasteiger partial charge is 0.148 e. The minimum absolute atomic E-state index is 0.568. The molecule has 0 saturated heterocycles. The van der Waals surface area contributed by atoms with Gasteiger partial charge in [-0.3, -0.25) is 5.10 Å². The van der Waals surface area contributed by atoms with Gasteiger partial charge in [-0.05, 0) is 41.6 Å². The number of nitrogens with zero attached hydrogens (tertiary/aromatic N) is 1. The van der Waals surface area contributed by atoms with Gasteiger partial charge in [0.05, 0.1) is 5.69 Å². The summed E-state index contributed by atoms with van der Waals surface area (Å²) in [5, 5.41) is 6.91. The Bertz CT molecular complexity index is 462. The zero-order valence-corrected chi connectivity index (χ0v) is 9.87. The van der Waals surface area contributed by atoms with Crippen molar-refractivity contribution in [2.24, 2.45) is 0 Å². The lowest BCUT2D eigenvalue weighted by molar-refractivity contribution is 1.10. The summed E-state index contributed by atoms with van der Waals surface area (Å²) < 4.78 is 1.20. The van der Waals surface area contributed by atoms with Gasteiger partial charge in [-0.15, -0.1) is 0 Å². The second-order valence-electron chi connectivity index (χ2n) is 3.12. The van der Waals surface area contributed by atoms with Crippen molar-refractivity contribution < 1.29 is 0 Å². The second-order valence-corrected chi connectivity index (χ2v) is 4.36. The molecule has 0 radical (unpaired) electrons. The summed E-state index contributed by atoms with van der Waals surface area (Å²) in [4.78, 5) is 0. The largest absolute Gasteiger partial charge is 0.382 e. The van der Waals surface area contributed by atoms with Gasteiger partial charge in [-0.2, -0.15) is 5.10 Å². The van der Waals surface area contributed by atoms with Crippen LogP contribution in [0.5, 0.6) is 0 Å². The molecule has 0 saturated carbocycles. The molecule has 0 aliphatic carbocycles. The van der Waals surface area contributed by atoms with E-state index in [1.165, 1.54) is 3.57 Å². The fraction of sp³-hybridized carbons (Fsp3) is 0.100. The molecule has 3 nitrogen and oxygen atoms in total. The van der Waals surface area contributed by atoms with Gasteiger partial charge in [-0.25, -0.2) is 0 Å². The lowest BCUT2D eigenvalue weighted by Crippen LogP contribution is -1.86. The number of anilines is 1. The van der Waals surface area contributed by atoms with Crippen LogP contribution >= 0.6 is 22.6 Å². The van der Waals surface area contributed by atoms with Crippen molar-refractivity contribution in [2.45, 2.75) is 6.92 Å². The first-order chi connectivity index (χ1) is 6.68. The number of nitrogen functional groups attached to an aromatic ring is 1. The van der Waals surface area contributed by atoms with Gasteiger partial charge >= 0.3 is 0 Å². The lowest BCUT2D eigenvalue weighted by atomic mass is 10.1. The molecule has 4 heteroatoms. The van der Waals surface area contributed by atoms with Crippen LogP contribution in [-0.2, 0) is 0 Å². The minimum atomic E-state index is 0.568. The number of aromatic amines is 1. The number of nitrogens with two attached hydrogens (primary N) is 1. The van der Waals surface area contributed by atoms with Crippen LogP contribution in [0.15, 0.2) is 24.3 Å². The van der Waals surface area contributed by atoms with E-state index in [9.17, 15) is 0 Å². The summed E-state index contributed by atoms with van der Waals surface area (Å²) in [6, 6.07) is 8.22. The third-order valence-electron chi connectivity index (χ3n) is 2.16. The molecule has 2 rings (SSSR count). The van der Waals surface area contributed by atoms with Gasteiger partial charge in [0.2, 0.25) is 0 Å². The molecular weight excluding hydrogens is 289 g/mol. The van der Waals surface area contributed by atoms with Gasteiger partial charge < -0.3 is 5.73 Å². The number of halogens is 1. The van der Waals surface area contributed by atoms with E-state index >= 15 is 0 Å². The maximum atomic E-state index is 5.67. The van der Waals surface area contributed by atoms with Crippen LogP contribution in [0.3, 0.4) is 0 Å². The van der Waals surface area contributed by atoms with Crippen molar-refractivity contribution in [2.75, 3.05) is 5.73 Å². The molecule has 1 heterocycles. The number of benzene rings is 1. The number of aromatic nitrogens is 2. The quantitative estimate of drug-likeness (QED) is 0.795. The lowest BCUT2D eigenvalue weighted by Gasteiger charge is -1.99. The molecule has 1 aromatic carbocycles. The summed E-state index contributed by atoms with van der Waals surface area (Å²) in [6.07, 6.45) is 0. The van der Waals surface area contributed by atoms with E-state index in [-0.39, 0.29) is 0 Å². The highest BCUT2D eigenvalue weighted by molar-refractivity contribution is 14.1. The van der Waals surface area contributed by atoms with Crippen molar-refractivity contribution in [1.82, 2.24) is 10.2 Å². The van der Waals surface area contributed by atoms with Gasteiger partial charge in [-0.1, -0.05) is 12.1 Å². The minimum Gasteiger partial charge on any atom is -0.382 e. The summed E-state index contributed by atoms with van der Waals surface area (Å²) in [5.41, 5.74) is 8.80. The first-order valence-electron chi connectivity index (χ1n) is 4.25. The number of H-pyrrole nitrogens is 1. The zero-order valence-electron chi connectivity index (χ0n) is 7.71. The predicted molar refractivity (Wildman–Crippen MR) is 65.9 cm³/mol. The summed E-state index contributed by atoms with van der Waals surface area (Å²) in [6.45, 7) is 1.97. The van der Waals surface area contributed by atoms with Crippen molar-refractivity contribution in [3.63, 3.8) is 0 Å². The van der Waals surface area contributed by atoms with E-state index in [0.717, 1.165) is 16.8 Å². The van der Waals surface area contributed by atoms with Crippen LogP contribution in [0.25, 0.3) is 11.3 Å². The number of hydrogen-bond acceptors (Lipinski definition) is 2. The number of rotatable bonds is 1. The van der Waals surface area contributed by atoms with E-state index in [1.54, 1.807) is 0 Å². The van der Waals surface area contributed by atoms with Crippen LogP contribution < -0.4 is 5.73 Å². The van der Waals surface area contributed by atoms with Crippen LogP contribution in [0.2, 0.25) is 0 Å². The molecule has 0 fully saturated rings. The van der Waals surface area contributed by atoms with Crippen molar-refractivity contribution in [3.05, 3.63) is 33.4 Å². The Morgan fingerprint density at radius 3 is 2.79 bits per heavy atom. The molecule has 0 atom stereocenters. The summed E-state index contributed by atoms with van der Waals surface area (Å²) >= 11 is 2.29. The third-order valence-corrected chi connectivity index (χ3v) is 2.83. The fourth-order valence-electron chi connectivity index (χ4n) is 1.34. The van der Waals surface area contributed by atoms with E-state index in [0.29, 0.717) is 5.82 Å². The summed E-state index contributed by atoms with van der Waals surface area (Å²) in [7, 11) is 0. The highest BCUT2D eigenvalue weighted by Crippen LogP contribution is 2.25. The maximum Gasteiger partial charge on any atom is 0.148 e. The van der Waals surface area contributed by atoms with E-state index in [4.69, 9.17) is 5.73 Å².